The highest BCUT2D eigenvalue weighted by Crippen LogP contribution is 2.01. The number of carbonyl (C=O) groups excluding carboxylic acids is 1. The van der Waals surface area contributed by atoms with E-state index in [2.05, 4.69) is 17.4 Å². The minimum atomic E-state index is -0.0200. The number of aromatic nitrogens is 1. The Morgan fingerprint density at radius 3 is 2.59 bits per heavy atom. The number of hydrogen-bond donors (Lipinski definition) is 1. The Morgan fingerprint density at radius 1 is 1.18 bits per heavy atom. The Hall–Kier alpha value is -2.03. The lowest BCUT2D eigenvalue weighted by Gasteiger charge is -2.06. The van der Waals surface area contributed by atoms with E-state index in [0.29, 0.717) is 12.2 Å². The topological polar surface area (TPSA) is 34.0 Å². The fourth-order valence-corrected chi connectivity index (χ4v) is 1.75. The minimum Gasteiger partial charge on any atom is -0.350 e. The molecule has 1 heterocycles. The van der Waals surface area contributed by atoms with Gasteiger partial charge in [0.25, 0.3) is 5.91 Å². The molecule has 17 heavy (non-hydrogen) atoms. The predicted molar refractivity (Wildman–Crippen MR) is 67.9 cm³/mol. The quantitative estimate of drug-likeness (QED) is 0.853. The molecule has 0 fully saturated rings. The summed E-state index contributed by atoms with van der Waals surface area (Å²) in [5.74, 6) is -0.0200. The van der Waals surface area contributed by atoms with Crippen molar-refractivity contribution in [3.05, 3.63) is 59.9 Å². The van der Waals surface area contributed by atoms with Crippen LogP contribution >= 0.6 is 0 Å². The molecule has 0 atom stereocenters. The molecule has 2 aromatic rings. The third-order valence-corrected chi connectivity index (χ3v) is 2.72. The minimum absolute atomic E-state index is 0.0200. The van der Waals surface area contributed by atoms with Crippen molar-refractivity contribution in [2.75, 3.05) is 6.54 Å². The van der Waals surface area contributed by atoms with E-state index < -0.39 is 0 Å². The van der Waals surface area contributed by atoms with Crippen molar-refractivity contribution in [2.24, 2.45) is 7.05 Å². The third kappa shape index (κ3) is 2.97. The molecule has 0 spiro atoms. The van der Waals surface area contributed by atoms with Crippen molar-refractivity contribution in [3.8, 4) is 0 Å². The summed E-state index contributed by atoms with van der Waals surface area (Å²) in [5.41, 5.74) is 1.93. The van der Waals surface area contributed by atoms with Crippen molar-refractivity contribution in [1.82, 2.24) is 9.88 Å². The average Bonchev–Trinajstić information content (AvgIpc) is 2.77. The molecular weight excluding hydrogens is 212 g/mol. The molecule has 2 rings (SSSR count). The van der Waals surface area contributed by atoms with Gasteiger partial charge in [0, 0.05) is 19.8 Å². The zero-order valence-corrected chi connectivity index (χ0v) is 9.89. The van der Waals surface area contributed by atoms with Gasteiger partial charge in [-0.05, 0) is 24.1 Å². The third-order valence-electron chi connectivity index (χ3n) is 2.72. The number of hydrogen-bond acceptors (Lipinski definition) is 1. The van der Waals surface area contributed by atoms with Crippen LogP contribution < -0.4 is 5.32 Å². The number of amides is 1. The van der Waals surface area contributed by atoms with E-state index in [-0.39, 0.29) is 5.91 Å². The summed E-state index contributed by atoms with van der Waals surface area (Å²) in [6, 6.07) is 13.8. The van der Waals surface area contributed by atoms with Gasteiger partial charge in [0.2, 0.25) is 0 Å². The van der Waals surface area contributed by atoms with Gasteiger partial charge in [-0.3, -0.25) is 4.79 Å². The Bertz CT molecular complexity index is 488. The molecule has 3 nitrogen and oxygen atoms in total. The maximum atomic E-state index is 11.8. The highest BCUT2D eigenvalue weighted by Gasteiger charge is 2.07. The van der Waals surface area contributed by atoms with Gasteiger partial charge in [0.1, 0.15) is 5.69 Å². The molecule has 1 amide bonds. The Kier molecular flexibility index (Phi) is 3.60. The monoisotopic (exact) mass is 228 g/mol. The smallest absolute Gasteiger partial charge is 0.267 e. The number of nitrogens with zero attached hydrogens (tertiary/aromatic N) is 1. The normalized spacial score (nSPS) is 10.2. The molecule has 0 bridgehead atoms. The average molecular weight is 228 g/mol. The van der Waals surface area contributed by atoms with E-state index in [1.807, 2.05) is 48.1 Å². The van der Waals surface area contributed by atoms with Gasteiger partial charge in [-0.2, -0.15) is 0 Å². The van der Waals surface area contributed by atoms with Crippen LogP contribution in [0.4, 0.5) is 0 Å². The van der Waals surface area contributed by atoms with Crippen molar-refractivity contribution in [2.45, 2.75) is 6.42 Å². The van der Waals surface area contributed by atoms with Gasteiger partial charge in [0.05, 0.1) is 0 Å². The van der Waals surface area contributed by atoms with Crippen molar-refractivity contribution >= 4 is 5.91 Å². The number of nitrogens with one attached hydrogen (secondary N) is 1. The maximum Gasteiger partial charge on any atom is 0.267 e. The van der Waals surface area contributed by atoms with E-state index >= 15 is 0 Å². The molecular formula is C14H16N2O. The molecule has 0 unspecified atom stereocenters. The van der Waals surface area contributed by atoms with Crippen molar-refractivity contribution in [3.63, 3.8) is 0 Å². The van der Waals surface area contributed by atoms with E-state index in [1.54, 1.807) is 0 Å². The van der Waals surface area contributed by atoms with Crippen molar-refractivity contribution < 1.29 is 4.79 Å². The van der Waals surface area contributed by atoms with Crippen LogP contribution in [0.15, 0.2) is 48.7 Å². The van der Waals surface area contributed by atoms with Crippen LogP contribution in [0.5, 0.6) is 0 Å². The lowest BCUT2D eigenvalue weighted by molar-refractivity contribution is 0.0946. The number of carbonyl (C=O) groups is 1. The van der Waals surface area contributed by atoms with Crippen LogP contribution in [-0.4, -0.2) is 17.0 Å². The van der Waals surface area contributed by atoms with E-state index in [4.69, 9.17) is 0 Å². The first-order valence-corrected chi connectivity index (χ1v) is 5.71. The van der Waals surface area contributed by atoms with Crippen LogP contribution in [0, 0.1) is 0 Å². The predicted octanol–water partition coefficient (Wildman–Crippen LogP) is 2.00. The van der Waals surface area contributed by atoms with Gasteiger partial charge in [0.15, 0.2) is 0 Å². The standard InChI is InChI=1S/C14H16N2O/c1-16-11-5-8-13(16)14(17)15-10-9-12-6-3-2-4-7-12/h2-8,11H,9-10H2,1H3,(H,15,17). The summed E-state index contributed by atoms with van der Waals surface area (Å²) in [7, 11) is 1.87. The first-order chi connectivity index (χ1) is 8.27. The second-order valence-corrected chi connectivity index (χ2v) is 4.00. The lowest BCUT2D eigenvalue weighted by atomic mass is 10.1. The summed E-state index contributed by atoms with van der Waals surface area (Å²) in [6.07, 6.45) is 2.73. The first-order valence-electron chi connectivity index (χ1n) is 5.71. The van der Waals surface area contributed by atoms with E-state index in [0.717, 1.165) is 6.42 Å². The van der Waals surface area contributed by atoms with Crippen LogP contribution in [0.2, 0.25) is 0 Å². The summed E-state index contributed by atoms with van der Waals surface area (Å²) >= 11 is 0. The second kappa shape index (κ2) is 5.34. The molecule has 0 aliphatic carbocycles. The van der Waals surface area contributed by atoms with Crippen LogP contribution in [-0.2, 0) is 13.5 Å². The molecule has 88 valence electrons. The van der Waals surface area contributed by atoms with E-state index in [1.165, 1.54) is 5.56 Å². The van der Waals surface area contributed by atoms with Crippen LogP contribution in [0.1, 0.15) is 16.1 Å². The first kappa shape index (κ1) is 11.5. The van der Waals surface area contributed by atoms with Gasteiger partial charge < -0.3 is 9.88 Å². The highest BCUT2D eigenvalue weighted by atomic mass is 16.1. The molecule has 1 aromatic carbocycles. The number of rotatable bonds is 4. The van der Waals surface area contributed by atoms with Crippen LogP contribution in [0.3, 0.4) is 0 Å². The SMILES string of the molecule is Cn1cccc1C(=O)NCCc1ccccc1. The molecule has 1 N–H and O–H groups in total. The van der Waals surface area contributed by atoms with Crippen molar-refractivity contribution in [1.29, 1.82) is 0 Å². The summed E-state index contributed by atoms with van der Waals surface area (Å²) < 4.78 is 1.82. The molecule has 0 saturated heterocycles. The zero-order valence-electron chi connectivity index (χ0n) is 9.89. The van der Waals surface area contributed by atoms with Gasteiger partial charge >= 0.3 is 0 Å². The molecule has 3 heteroatoms. The van der Waals surface area contributed by atoms with Gasteiger partial charge in [-0.1, -0.05) is 30.3 Å². The lowest BCUT2D eigenvalue weighted by Crippen LogP contribution is -2.27. The van der Waals surface area contributed by atoms with Gasteiger partial charge in [-0.15, -0.1) is 0 Å². The maximum absolute atomic E-state index is 11.8. The summed E-state index contributed by atoms with van der Waals surface area (Å²) in [4.78, 5) is 11.8. The number of aryl methyl sites for hydroxylation is 1. The number of benzene rings is 1. The van der Waals surface area contributed by atoms with Gasteiger partial charge in [-0.25, -0.2) is 0 Å². The highest BCUT2D eigenvalue weighted by molar-refractivity contribution is 5.92. The Morgan fingerprint density at radius 2 is 1.94 bits per heavy atom. The molecule has 0 aliphatic heterocycles. The molecule has 0 saturated carbocycles. The largest absolute Gasteiger partial charge is 0.350 e. The summed E-state index contributed by atoms with van der Waals surface area (Å²) in [5, 5.41) is 2.91. The fraction of sp³-hybridized carbons (Fsp3) is 0.214. The molecule has 1 aromatic heterocycles. The zero-order chi connectivity index (χ0) is 12.1. The summed E-state index contributed by atoms with van der Waals surface area (Å²) in [6.45, 7) is 0.661. The molecule has 0 radical (unpaired) electrons. The second-order valence-electron chi connectivity index (χ2n) is 4.00. The fourth-order valence-electron chi connectivity index (χ4n) is 1.75. The Labute approximate surface area is 101 Å². The molecule has 0 aliphatic rings. The van der Waals surface area contributed by atoms with Crippen LogP contribution in [0.25, 0.3) is 0 Å². The Balaban J connectivity index is 1.84. The van der Waals surface area contributed by atoms with E-state index in [9.17, 15) is 4.79 Å².